The first-order valence-electron chi connectivity index (χ1n) is 12.7. The molecule has 1 aromatic heterocycles. The molecule has 1 amide bonds. The molecular formula is C26H35N5O3S. The second kappa shape index (κ2) is 10.2. The van der Waals surface area contributed by atoms with Crippen molar-refractivity contribution in [1.82, 2.24) is 14.9 Å². The van der Waals surface area contributed by atoms with Crippen LogP contribution in [0.25, 0.3) is 0 Å². The third-order valence-corrected chi connectivity index (χ3v) is 8.68. The lowest BCUT2D eigenvalue weighted by molar-refractivity contribution is -0.132. The van der Waals surface area contributed by atoms with Gasteiger partial charge in [-0.25, -0.2) is 4.98 Å². The van der Waals surface area contributed by atoms with E-state index in [0.29, 0.717) is 42.8 Å². The summed E-state index contributed by atoms with van der Waals surface area (Å²) < 4.78 is 19.0. The first-order chi connectivity index (χ1) is 16.9. The van der Waals surface area contributed by atoms with Gasteiger partial charge in [-0.1, -0.05) is 26.0 Å². The van der Waals surface area contributed by atoms with E-state index in [4.69, 9.17) is 14.7 Å². The number of likely N-dealkylation sites (tertiary alicyclic amines) is 1. The van der Waals surface area contributed by atoms with Crippen LogP contribution in [0.3, 0.4) is 0 Å². The molecule has 0 spiro atoms. The lowest BCUT2D eigenvalue weighted by Gasteiger charge is -2.33. The lowest BCUT2D eigenvalue weighted by atomic mass is 10.0. The Kier molecular flexibility index (Phi) is 7.07. The predicted molar refractivity (Wildman–Crippen MR) is 138 cm³/mol. The molecule has 0 aliphatic carbocycles. The standard InChI is InChI=1S/C26H35N5O3S/c1-17(2)18-4-7-20(8-5-18)34-21-10-13-31(14-11-21)26-28-22-12-15-35(33)24(22)25(29-26)27-19-6-9-23(32)30(3)16-19/h4-5,7-8,17,19,21H,6,9-16H2,1-3H3,(H,27,28,29)/t19-,35?/m0/s1. The topological polar surface area (TPSA) is 93.7 Å². The van der Waals surface area contributed by atoms with Crippen LogP contribution >= 0.6 is 0 Å². The zero-order chi connectivity index (χ0) is 24.5. The van der Waals surface area contributed by atoms with Crippen LogP contribution in [0.5, 0.6) is 5.75 Å². The molecule has 0 saturated carbocycles. The van der Waals surface area contributed by atoms with E-state index in [0.717, 1.165) is 48.7 Å². The van der Waals surface area contributed by atoms with E-state index in [-0.39, 0.29) is 18.1 Å². The summed E-state index contributed by atoms with van der Waals surface area (Å²) in [6.07, 6.45) is 3.95. The summed E-state index contributed by atoms with van der Waals surface area (Å²) in [6, 6.07) is 8.53. The molecule has 8 nitrogen and oxygen atoms in total. The van der Waals surface area contributed by atoms with E-state index < -0.39 is 11.2 Å². The molecule has 2 atom stereocenters. The highest BCUT2D eigenvalue weighted by Gasteiger charge is 2.35. The maximum Gasteiger partial charge on any atom is 0.227 e. The third-order valence-electron chi connectivity index (χ3n) is 7.22. The fourth-order valence-corrected chi connectivity index (χ4v) is 6.36. The number of piperidine rings is 2. The van der Waals surface area contributed by atoms with Crippen molar-refractivity contribution in [3.05, 3.63) is 35.5 Å². The zero-order valence-electron chi connectivity index (χ0n) is 20.8. The Morgan fingerprint density at radius 1 is 1.11 bits per heavy atom. The average molecular weight is 498 g/mol. The summed E-state index contributed by atoms with van der Waals surface area (Å²) in [7, 11) is 1.83. The highest BCUT2D eigenvalue weighted by Crippen LogP contribution is 2.34. The molecule has 4 heterocycles. The van der Waals surface area contributed by atoms with Gasteiger partial charge in [-0.15, -0.1) is 0 Å². The number of carbonyl (C=O) groups excluding carboxylic acids is 1. The SMILES string of the molecule is CC(C)c1ccc(OC2CCN(c3nc4c(c(N[C@H]5CCC(=O)N(C)C5)n3)[S+]([O-])CC4)CC2)cc1. The summed E-state index contributed by atoms with van der Waals surface area (Å²) >= 11 is -1.08. The van der Waals surface area contributed by atoms with Gasteiger partial charge in [0, 0.05) is 58.4 Å². The normalized spacial score (nSPS) is 23.1. The summed E-state index contributed by atoms with van der Waals surface area (Å²) in [4.78, 5) is 26.3. The molecule has 2 aromatic rings. The van der Waals surface area contributed by atoms with Crippen molar-refractivity contribution in [2.45, 2.75) is 68.9 Å². The number of amides is 1. The largest absolute Gasteiger partial charge is 0.611 e. The van der Waals surface area contributed by atoms with Gasteiger partial charge in [0.05, 0.1) is 0 Å². The molecule has 188 valence electrons. The predicted octanol–water partition coefficient (Wildman–Crippen LogP) is 3.34. The van der Waals surface area contributed by atoms with Gasteiger partial charge in [0.15, 0.2) is 5.82 Å². The summed E-state index contributed by atoms with van der Waals surface area (Å²) in [5.74, 6) is 3.57. The molecule has 0 bridgehead atoms. The molecule has 1 unspecified atom stereocenters. The van der Waals surface area contributed by atoms with E-state index in [1.807, 2.05) is 7.05 Å². The average Bonchev–Trinajstić information content (AvgIpc) is 3.23. The molecule has 1 aromatic carbocycles. The minimum absolute atomic E-state index is 0.100. The van der Waals surface area contributed by atoms with Crippen LogP contribution in [-0.2, 0) is 22.4 Å². The second-order valence-electron chi connectivity index (χ2n) is 10.1. The van der Waals surface area contributed by atoms with Crippen LogP contribution in [-0.4, -0.2) is 69.9 Å². The van der Waals surface area contributed by atoms with Crippen LogP contribution < -0.4 is 15.0 Å². The van der Waals surface area contributed by atoms with Crippen LogP contribution in [0, 0.1) is 0 Å². The van der Waals surface area contributed by atoms with Crippen LogP contribution in [0.4, 0.5) is 11.8 Å². The first kappa shape index (κ1) is 24.2. The number of nitrogens with one attached hydrogen (secondary N) is 1. The van der Waals surface area contributed by atoms with Crippen LogP contribution in [0.15, 0.2) is 29.2 Å². The molecule has 2 fully saturated rings. The molecule has 1 N–H and O–H groups in total. The van der Waals surface area contributed by atoms with Gasteiger partial charge in [-0.2, -0.15) is 4.98 Å². The van der Waals surface area contributed by atoms with E-state index in [1.54, 1.807) is 4.90 Å². The van der Waals surface area contributed by atoms with Gasteiger partial charge in [0.2, 0.25) is 16.8 Å². The smallest absolute Gasteiger partial charge is 0.227 e. The number of hydrogen-bond donors (Lipinski definition) is 1. The maximum atomic E-state index is 12.7. The van der Waals surface area contributed by atoms with Gasteiger partial charge in [-0.05, 0) is 41.2 Å². The number of fused-ring (bicyclic) bond motifs is 1. The number of likely N-dealkylation sites (N-methyl/N-ethyl adjacent to an activating group) is 1. The number of nitrogens with zero attached hydrogens (tertiary/aromatic N) is 4. The Morgan fingerprint density at radius 3 is 2.54 bits per heavy atom. The van der Waals surface area contributed by atoms with E-state index in [2.05, 4.69) is 48.3 Å². The minimum Gasteiger partial charge on any atom is -0.611 e. The maximum absolute atomic E-state index is 12.7. The number of hydrogen-bond acceptors (Lipinski definition) is 7. The van der Waals surface area contributed by atoms with Gasteiger partial charge in [0.25, 0.3) is 0 Å². The molecular weight excluding hydrogens is 462 g/mol. The van der Waals surface area contributed by atoms with E-state index in [1.165, 1.54) is 5.56 Å². The van der Waals surface area contributed by atoms with Crippen molar-refractivity contribution < 1.29 is 14.1 Å². The van der Waals surface area contributed by atoms with Gasteiger partial charge in [0.1, 0.15) is 23.3 Å². The molecule has 5 rings (SSSR count). The number of carbonyl (C=O) groups is 1. The van der Waals surface area contributed by atoms with E-state index >= 15 is 0 Å². The number of aromatic nitrogens is 2. The van der Waals surface area contributed by atoms with Crippen molar-refractivity contribution >= 4 is 28.8 Å². The number of ether oxygens (including phenoxy) is 1. The van der Waals surface area contributed by atoms with Crippen molar-refractivity contribution in [1.29, 1.82) is 0 Å². The van der Waals surface area contributed by atoms with Gasteiger partial charge in [-0.3, -0.25) is 4.79 Å². The van der Waals surface area contributed by atoms with Gasteiger partial charge >= 0.3 is 0 Å². The number of aryl methyl sites for hydroxylation is 1. The number of benzene rings is 1. The fourth-order valence-electron chi connectivity index (χ4n) is 5.04. The van der Waals surface area contributed by atoms with Crippen molar-refractivity contribution in [2.75, 3.05) is 42.7 Å². The number of anilines is 2. The summed E-state index contributed by atoms with van der Waals surface area (Å²) in [5.41, 5.74) is 2.21. The van der Waals surface area contributed by atoms with Crippen molar-refractivity contribution in [3.63, 3.8) is 0 Å². The minimum atomic E-state index is -1.08. The molecule has 9 heteroatoms. The Balaban J connectivity index is 1.25. The van der Waals surface area contributed by atoms with Crippen LogP contribution in [0.2, 0.25) is 0 Å². The Bertz CT molecular complexity index is 1060. The van der Waals surface area contributed by atoms with E-state index in [9.17, 15) is 9.35 Å². The monoisotopic (exact) mass is 497 g/mol. The molecule has 3 aliphatic heterocycles. The first-order valence-corrected chi connectivity index (χ1v) is 14.0. The van der Waals surface area contributed by atoms with Crippen LogP contribution in [0.1, 0.15) is 56.7 Å². The summed E-state index contributed by atoms with van der Waals surface area (Å²) in [5, 5.41) is 3.51. The third kappa shape index (κ3) is 5.35. The zero-order valence-corrected chi connectivity index (χ0v) is 21.6. The van der Waals surface area contributed by atoms with Gasteiger partial charge < -0.3 is 24.4 Å². The Morgan fingerprint density at radius 2 is 1.86 bits per heavy atom. The highest BCUT2D eigenvalue weighted by molar-refractivity contribution is 7.91. The van der Waals surface area contributed by atoms with Crippen molar-refractivity contribution in [3.8, 4) is 5.75 Å². The molecule has 0 radical (unpaired) electrons. The summed E-state index contributed by atoms with van der Waals surface area (Å²) in [6.45, 7) is 6.65. The number of rotatable bonds is 6. The Hall–Kier alpha value is -2.52. The second-order valence-corrected chi connectivity index (χ2v) is 11.6. The molecule has 3 aliphatic rings. The lowest BCUT2D eigenvalue weighted by Crippen LogP contribution is -2.43. The molecule has 2 saturated heterocycles. The van der Waals surface area contributed by atoms with Crippen molar-refractivity contribution in [2.24, 2.45) is 0 Å². The fraction of sp³-hybridized carbons (Fsp3) is 0.577. The Labute approximate surface area is 210 Å². The quantitative estimate of drug-likeness (QED) is 0.612. The highest BCUT2D eigenvalue weighted by atomic mass is 32.2. The molecule has 35 heavy (non-hydrogen) atoms.